The first-order valence-electron chi connectivity index (χ1n) is 5.53. The van der Waals surface area contributed by atoms with Crippen LogP contribution in [-0.2, 0) is 11.3 Å². The van der Waals surface area contributed by atoms with Crippen LogP contribution in [0.5, 0.6) is 0 Å². The first kappa shape index (κ1) is 13.9. The molecule has 2 aromatic rings. The number of nitrogen functional groups attached to an aromatic ring is 1. The van der Waals surface area contributed by atoms with Gasteiger partial charge >= 0.3 is 5.97 Å². The van der Waals surface area contributed by atoms with E-state index in [9.17, 15) is 4.79 Å². The molecule has 0 radical (unpaired) electrons. The molecule has 5 heteroatoms. The number of nitrogens with two attached hydrogens (primary N) is 1. The Labute approximate surface area is 124 Å². The molecule has 0 amide bonds. The van der Waals surface area contributed by atoms with E-state index < -0.39 is 5.97 Å². The van der Waals surface area contributed by atoms with E-state index in [0.29, 0.717) is 10.7 Å². The summed E-state index contributed by atoms with van der Waals surface area (Å²) in [4.78, 5) is 11.9. The SMILES string of the molecule is Nc1cccc(Cl)c1C(=O)OCc1ccc(Br)cc1. The minimum absolute atomic E-state index is 0.177. The summed E-state index contributed by atoms with van der Waals surface area (Å²) in [5.74, 6) is -0.522. The number of hydrogen-bond acceptors (Lipinski definition) is 3. The Bertz CT molecular complexity index is 579. The number of rotatable bonds is 3. The molecule has 0 saturated heterocycles. The van der Waals surface area contributed by atoms with Gasteiger partial charge in [0.1, 0.15) is 12.2 Å². The second-order valence-electron chi connectivity index (χ2n) is 3.91. The van der Waals surface area contributed by atoms with Crippen LogP contribution in [-0.4, -0.2) is 5.97 Å². The van der Waals surface area contributed by atoms with Crippen LogP contribution in [0.15, 0.2) is 46.9 Å². The van der Waals surface area contributed by atoms with Crippen molar-refractivity contribution in [3.05, 3.63) is 63.1 Å². The lowest BCUT2D eigenvalue weighted by atomic mass is 10.2. The summed E-state index contributed by atoms with van der Waals surface area (Å²) in [5.41, 5.74) is 7.13. The van der Waals surface area contributed by atoms with Crippen LogP contribution in [0.25, 0.3) is 0 Å². The predicted octanol–water partition coefficient (Wildman–Crippen LogP) is 4.04. The lowest BCUT2D eigenvalue weighted by molar-refractivity contribution is 0.0474. The van der Waals surface area contributed by atoms with Gasteiger partial charge in [-0.2, -0.15) is 0 Å². The number of carbonyl (C=O) groups is 1. The molecule has 0 fully saturated rings. The minimum atomic E-state index is -0.522. The van der Waals surface area contributed by atoms with Crippen molar-refractivity contribution in [2.45, 2.75) is 6.61 Å². The molecule has 3 nitrogen and oxygen atoms in total. The minimum Gasteiger partial charge on any atom is -0.457 e. The first-order chi connectivity index (χ1) is 9.08. The second kappa shape index (κ2) is 6.08. The van der Waals surface area contributed by atoms with E-state index >= 15 is 0 Å². The van der Waals surface area contributed by atoms with Crippen molar-refractivity contribution < 1.29 is 9.53 Å². The number of anilines is 1. The molecule has 98 valence electrons. The van der Waals surface area contributed by atoms with Crippen LogP contribution >= 0.6 is 27.5 Å². The molecule has 0 bridgehead atoms. The molecular weight excluding hydrogens is 330 g/mol. The Morgan fingerprint density at radius 1 is 1.21 bits per heavy atom. The predicted molar refractivity (Wildman–Crippen MR) is 79.1 cm³/mol. The molecule has 0 aliphatic heterocycles. The van der Waals surface area contributed by atoms with Gasteiger partial charge in [-0.25, -0.2) is 4.79 Å². The molecule has 2 rings (SSSR count). The fourth-order valence-corrected chi connectivity index (χ4v) is 2.08. The third kappa shape index (κ3) is 3.49. The van der Waals surface area contributed by atoms with Gasteiger partial charge in [0.15, 0.2) is 0 Å². The highest BCUT2D eigenvalue weighted by atomic mass is 79.9. The molecule has 0 aromatic heterocycles. The zero-order valence-corrected chi connectivity index (χ0v) is 12.2. The van der Waals surface area contributed by atoms with E-state index in [4.69, 9.17) is 22.1 Å². The van der Waals surface area contributed by atoms with E-state index in [-0.39, 0.29) is 12.2 Å². The van der Waals surface area contributed by atoms with Gasteiger partial charge in [-0.05, 0) is 29.8 Å². The third-order valence-corrected chi connectivity index (χ3v) is 3.38. The molecule has 2 aromatic carbocycles. The molecule has 0 heterocycles. The Balaban J connectivity index is 2.07. The van der Waals surface area contributed by atoms with Crippen molar-refractivity contribution >= 4 is 39.2 Å². The Hall–Kier alpha value is -1.52. The zero-order valence-electron chi connectivity index (χ0n) is 9.90. The van der Waals surface area contributed by atoms with E-state index in [1.54, 1.807) is 18.2 Å². The van der Waals surface area contributed by atoms with Crippen molar-refractivity contribution in [1.29, 1.82) is 0 Å². The van der Waals surface area contributed by atoms with Crippen molar-refractivity contribution in [2.75, 3.05) is 5.73 Å². The van der Waals surface area contributed by atoms with E-state index in [0.717, 1.165) is 10.0 Å². The van der Waals surface area contributed by atoms with Crippen LogP contribution < -0.4 is 5.73 Å². The normalized spacial score (nSPS) is 10.2. The van der Waals surface area contributed by atoms with Crippen LogP contribution in [0, 0.1) is 0 Å². The van der Waals surface area contributed by atoms with Gasteiger partial charge in [-0.15, -0.1) is 0 Å². The number of benzene rings is 2. The second-order valence-corrected chi connectivity index (χ2v) is 5.23. The standard InChI is InChI=1S/C14H11BrClNO2/c15-10-6-4-9(5-7-10)8-19-14(18)13-11(16)2-1-3-12(13)17/h1-7H,8,17H2. The van der Waals surface area contributed by atoms with Crippen molar-refractivity contribution in [1.82, 2.24) is 0 Å². The van der Waals surface area contributed by atoms with Crippen molar-refractivity contribution in [3.8, 4) is 0 Å². The summed E-state index contributed by atoms with van der Waals surface area (Å²) in [6.45, 7) is 0.177. The van der Waals surface area contributed by atoms with Gasteiger partial charge in [0.25, 0.3) is 0 Å². The summed E-state index contributed by atoms with van der Waals surface area (Å²) in [6, 6.07) is 12.4. The van der Waals surface area contributed by atoms with Crippen LogP contribution in [0.3, 0.4) is 0 Å². The third-order valence-electron chi connectivity index (χ3n) is 2.53. The van der Waals surface area contributed by atoms with E-state index in [2.05, 4.69) is 15.9 Å². The van der Waals surface area contributed by atoms with Gasteiger partial charge in [0.2, 0.25) is 0 Å². The molecule has 0 saturated carbocycles. The summed E-state index contributed by atoms with van der Waals surface area (Å²) in [5, 5.41) is 0.292. The highest BCUT2D eigenvalue weighted by Crippen LogP contribution is 2.23. The summed E-state index contributed by atoms with van der Waals surface area (Å²) in [6.07, 6.45) is 0. The Kier molecular flexibility index (Phi) is 4.45. The summed E-state index contributed by atoms with van der Waals surface area (Å²) in [7, 11) is 0. The average Bonchev–Trinajstić information content (AvgIpc) is 2.38. The quantitative estimate of drug-likeness (QED) is 0.677. The Morgan fingerprint density at radius 3 is 2.53 bits per heavy atom. The molecule has 2 N–H and O–H groups in total. The van der Waals surface area contributed by atoms with Crippen molar-refractivity contribution in [2.24, 2.45) is 0 Å². The van der Waals surface area contributed by atoms with Gasteiger partial charge in [0.05, 0.1) is 5.02 Å². The van der Waals surface area contributed by atoms with Gasteiger partial charge in [-0.3, -0.25) is 0 Å². The molecule has 0 spiro atoms. The highest BCUT2D eigenvalue weighted by molar-refractivity contribution is 9.10. The highest BCUT2D eigenvalue weighted by Gasteiger charge is 2.15. The molecule has 19 heavy (non-hydrogen) atoms. The fraction of sp³-hybridized carbons (Fsp3) is 0.0714. The smallest absolute Gasteiger partial charge is 0.342 e. The molecule has 0 aliphatic carbocycles. The molecular formula is C14H11BrClNO2. The molecule has 0 aliphatic rings. The topological polar surface area (TPSA) is 52.3 Å². The lowest BCUT2D eigenvalue weighted by Crippen LogP contribution is -2.09. The fourth-order valence-electron chi connectivity index (χ4n) is 1.56. The van der Waals surface area contributed by atoms with E-state index in [1.165, 1.54) is 0 Å². The Morgan fingerprint density at radius 2 is 1.89 bits per heavy atom. The van der Waals surface area contributed by atoms with Crippen LogP contribution in [0.4, 0.5) is 5.69 Å². The number of ether oxygens (including phenoxy) is 1. The van der Waals surface area contributed by atoms with E-state index in [1.807, 2.05) is 24.3 Å². The molecule has 0 atom stereocenters. The maximum absolute atomic E-state index is 11.9. The summed E-state index contributed by atoms with van der Waals surface area (Å²) < 4.78 is 6.17. The molecule has 0 unspecified atom stereocenters. The largest absolute Gasteiger partial charge is 0.457 e. The maximum atomic E-state index is 11.9. The monoisotopic (exact) mass is 339 g/mol. The van der Waals surface area contributed by atoms with Crippen LogP contribution in [0.2, 0.25) is 5.02 Å². The summed E-state index contributed by atoms with van der Waals surface area (Å²) >= 11 is 9.28. The van der Waals surface area contributed by atoms with Crippen LogP contribution in [0.1, 0.15) is 15.9 Å². The number of halogens is 2. The number of hydrogen-bond donors (Lipinski definition) is 1. The number of carbonyl (C=O) groups excluding carboxylic acids is 1. The average molecular weight is 341 g/mol. The first-order valence-corrected chi connectivity index (χ1v) is 6.70. The lowest BCUT2D eigenvalue weighted by Gasteiger charge is -2.08. The maximum Gasteiger partial charge on any atom is 0.342 e. The van der Waals surface area contributed by atoms with Gasteiger partial charge in [-0.1, -0.05) is 45.7 Å². The van der Waals surface area contributed by atoms with Gasteiger partial charge in [0, 0.05) is 10.2 Å². The van der Waals surface area contributed by atoms with Gasteiger partial charge < -0.3 is 10.5 Å². The number of esters is 1. The zero-order chi connectivity index (χ0) is 13.8. The van der Waals surface area contributed by atoms with Crippen molar-refractivity contribution in [3.63, 3.8) is 0 Å².